The second-order valence-corrected chi connectivity index (χ2v) is 7.78. The van der Waals surface area contributed by atoms with E-state index in [0.717, 1.165) is 6.26 Å². The lowest BCUT2D eigenvalue weighted by Gasteiger charge is -2.05. The van der Waals surface area contributed by atoms with E-state index < -0.39 is 21.7 Å². The highest BCUT2D eigenvalue weighted by Crippen LogP contribution is 2.36. The van der Waals surface area contributed by atoms with Crippen LogP contribution in [0.5, 0.6) is 0 Å². The number of aromatic amines is 1. The van der Waals surface area contributed by atoms with Crippen LogP contribution in [0.25, 0.3) is 11.4 Å². The predicted molar refractivity (Wildman–Crippen MR) is 77.5 cm³/mol. The Balaban J connectivity index is 2.54. The van der Waals surface area contributed by atoms with Crippen LogP contribution in [0.2, 0.25) is 0 Å². The summed E-state index contributed by atoms with van der Waals surface area (Å²) in [5, 5.41) is 0. The highest BCUT2D eigenvalue weighted by molar-refractivity contribution is 9.10. The minimum absolute atomic E-state index is 0.0267. The molecular formula is C11H7Br2F3N2O2S. The van der Waals surface area contributed by atoms with E-state index in [-0.39, 0.29) is 15.3 Å². The molecule has 2 aromatic rings. The number of nitrogens with one attached hydrogen (secondary N) is 1. The van der Waals surface area contributed by atoms with Crippen LogP contribution < -0.4 is 0 Å². The van der Waals surface area contributed by atoms with Gasteiger partial charge in [-0.1, -0.05) is 0 Å². The van der Waals surface area contributed by atoms with Crippen LogP contribution >= 0.6 is 31.9 Å². The number of hydrogen-bond donors (Lipinski definition) is 1. The summed E-state index contributed by atoms with van der Waals surface area (Å²) >= 11 is 5.89. The smallest absolute Gasteiger partial charge is 0.333 e. The lowest BCUT2D eigenvalue weighted by atomic mass is 10.2. The molecule has 0 atom stereocenters. The Bertz CT molecular complexity index is 800. The second kappa shape index (κ2) is 5.40. The Morgan fingerprint density at radius 3 is 2.29 bits per heavy atom. The van der Waals surface area contributed by atoms with Gasteiger partial charge in [0.1, 0.15) is 10.4 Å². The molecule has 0 saturated carbocycles. The number of sulfone groups is 1. The van der Waals surface area contributed by atoms with Crippen molar-refractivity contribution in [3.8, 4) is 11.4 Å². The Morgan fingerprint density at radius 1 is 1.24 bits per heavy atom. The molecule has 10 heteroatoms. The molecule has 1 N–H and O–H groups in total. The van der Waals surface area contributed by atoms with Crippen LogP contribution in [-0.4, -0.2) is 24.6 Å². The quantitative estimate of drug-likeness (QED) is 0.756. The number of rotatable bonds is 2. The zero-order chi connectivity index (χ0) is 16.0. The maximum Gasteiger partial charge on any atom is 0.433 e. The highest BCUT2D eigenvalue weighted by atomic mass is 79.9. The van der Waals surface area contributed by atoms with Gasteiger partial charge in [-0.05, 0) is 50.1 Å². The van der Waals surface area contributed by atoms with Gasteiger partial charge in [0, 0.05) is 16.3 Å². The topological polar surface area (TPSA) is 62.8 Å². The van der Waals surface area contributed by atoms with Crippen molar-refractivity contribution in [3.05, 3.63) is 33.0 Å². The van der Waals surface area contributed by atoms with Crippen LogP contribution in [-0.2, 0) is 16.0 Å². The monoisotopic (exact) mass is 446 g/mol. The normalized spacial score (nSPS) is 12.7. The summed E-state index contributed by atoms with van der Waals surface area (Å²) in [6.45, 7) is 0. The van der Waals surface area contributed by atoms with E-state index in [1.807, 2.05) is 0 Å². The number of H-pyrrole nitrogens is 1. The first-order valence-corrected chi connectivity index (χ1v) is 8.80. The molecule has 1 heterocycles. The zero-order valence-corrected chi connectivity index (χ0v) is 14.3. The molecule has 0 unspecified atom stereocenters. The molecule has 0 aliphatic carbocycles. The van der Waals surface area contributed by atoms with E-state index >= 15 is 0 Å². The van der Waals surface area contributed by atoms with Crippen LogP contribution in [0.4, 0.5) is 13.2 Å². The first-order valence-electron chi connectivity index (χ1n) is 5.33. The lowest BCUT2D eigenvalue weighted by molar-refractivity contribution is -0.141. The summed E-state index contributed by atoms with van der Waals surface area (Å²) in [5.41, 5.74) is -0.685. The summed E-state index contributed by atoms with van der Waals surface area (Å²) in [7, 11) is -3.40. The van der Waals surface area contributed by atoms with Gasteiger partial charge in [0.25, 0.3) is 0 Å². The van der Waals surface area contributed by atoms with Gasteiger partial charge >= 0.3 is 6.18 Å². The first kappa shape index (κ1) is 16.5. The Morgan fingerprint density at radius 2 is 1.86 bits per heavy atom. The largest absolute Gasteiger partial charge is 0.433 e. The van der Waals surface area contributed by atoms with E-state index in [4.69, 9.17) is 0 Å². The maximum absolute atomic E-state index is 12.7. The summed E-state index contributed by atoms with van der Waals surface area (Å²) < 4.78 is 60.9. The standard InChI is InChI=1S/C11H7Br2F3N2O2S/c1-21(19,20)5-2-3-6(7(12)4-5)10-17-8(9(13)18-10)11(14,15)16/h2-4H,1H3,(H,17,18). The van der Waals surface area contributed by atoms with E-state index in [1.165, 1.54) is 18.2 Å². The van der Waals surface area contributed by atoms with Gasteiger partial charge in [-0.15, -0.1) is 0 Å². The number of benzene rings is 1. The molecule has 0 aliphatic rings. The SMILES string of the molecule is CS(=O)(=O)c1ccc(-c2nc(Br)c(C(F)(F)F)[nH]2)c(Br)c1. The lowest BCUT2D eigenvalue weighted by Crippen LogP contribution is -2.06. The number of alkyl halides is 3. The van der Waals surface area contributed by atoms with E-state index in [0.29, 0.717) is 10.0 Å². The minimum atomic E-state index is -4.57. The number of hydrogen-bond acceptors (Lipinski definition) is 3. The molecule has 2 rings (SSSR count). The predicted octanol–water partition coefficient (Wildman–Crippen LogP) is 4.02. The third kappa shape index (κ3) is 3.49. The van der Waals surface area contributed by atoms with Crippen molar-refractivity contribution in [1.82, 2.24) is 9.97 Å². The van der Waals surface area contributed by atoms with E-state index in [2.05, 4.69) is 41.8 Å². The van der Waals surface area contributed by atoms with Gasteiger partial charge in [0.2, 0.25) is 0 Å². The Hall–Kier alpha value is -0.870. The average molecular weight is 448 g/mol. The average Bonchev–Trinajstić information content (AvgIpc) is 2.69. The van der Waals surface area contributed by atoms with Crippen molar-refractivity contribution in [1.29, 1.82) is 0 Å². The van der Waals surface area contributed by atoms with Gasteiger partial charge in [0.15, 0.2) is 15.5 Å². The van der Waals surface area contributed by atoms with Crippen molar-refractivity contribution < 1.29 is 21.6 Å². The Labute approximate surface area is 135 Å². The summed E-state index contributed by atoms with van der Waals surface area (Å²) in [4.78, 5) is 5.99. The number of nitrogens with zero attached hydrogens (tertiary/aromatic N) is 1. The van der Waals surface area contributed by atoms with Crippen LogP contribution in [0.3, 0.4) is 0 Å². The van der Waals surface area contributed by atoms with Gasteiger partial charge in [-0.25, -0.2) is 13.4 Å². The third-order valence-electron chi connectivity index (χ3n) is 2.57. The van der Waals surface area contributed by atoms with Gasteiger partial charge < -0.3 is 4.98 Å². The van der Waals surface area contributed by atoms with Crippen molar-refractivity contribution in [2.24, 2.45) is 0 Å². The van der Waals surface area contributed by atoms with E-state index in [1.54, 1.807) is 0 Å². The molecule has 4 nitrogen and oxygen atoms in total. The van der Waals surface area contributed by atoms with Crippen LogP contribution in [0.1, 0.15) is 5.69 Å². The molecular weight excluding hydrogens is 441 g/mol. The van der Waals surface area contributed by atoms with Gasteiger partial charge in [-0.2, -0.15) is 13.2 Å². The van der Waals surface area contributed by atoms with E-state index in [9.17, 15) is 21.6 Å². The van der Waals surface area contributed by atoms with Gasteiger partial charge in [0.05, 0.1) is 4.90 Å². The van der Waals surface area contributed by atoms with Crippen molar-refractivity contribution in [3.63, 3.8) is 0 Å². The highest BCUT2D eigenvalue weighted by Gasteiger charge is 2.36. The van der Waals surface area contributed by atoms with Crippen molar-refractivity contribution in [2.75, 3.05) is 6.26 Å². The minimum Gasteiger partial charge on any atom is -0.333 e. The molecule has 21 heavy (non-hydrogen) atoms. The fourth-order valence-electron chi connectivity index (χ4n) is 1.59. The number of aromatic nitrogens is 2. The zero-order valence-electron chi connectivity index (χ0n) is 10.3. The van der Waals surface area contributed by atoms with Crippen LogP contribution in [0.15, 0.2) is 32.2 Å². The summed E-state index contributed by atoms with van der Waals surface area (Å²) in [6.07, 6.45) is -3.52. The fraction of sp³-hybridized carbons (Fsp3) is 0.182. The molecule has 1 aromatic carbocycles. The molecule has 0 saturated heterocycles. The molecule has 0 fully saturated rings. The van der Waals surface area contributed by atoms with Crippen molar-refractivity contribution >= 4 is 41.7 Å². The molecule has 114 valence electrons. The number of halogens is 5. The molecule has 0 radical (unpaired) electrons. The summed E-state index contributed by atoms with van der Waals surface area (Å²) in [6, 6.07) is 4.00. The Kier molecular flexibility index (Phi) is 4.24. The summed E-state index contributed by atoms with van der Waals surface area (Å²) in [5.74, 6) is -0.0267. The molecule has 0 bridgehead atoms. The third-order valence-corrected chi connectivity index (χ3v) is 4.91. The fourth-order valence-corrected chi connectivity index (χ4v) is 3.45. The maximum atomic E-state index is 12.7. The number of imidazole rings is 1. The second-order valence-electron chi connectivity index (χ2n) is 4.16. The molecule has 1 aromatic heterocycles. The van der Waals surface area contributed by atoms with Crippen LogP contribution in [0, 0.1) is 0 Å². The molecule has 0 aliphatic heterocycles. The molecule has 0 spiro atoms. The van der Waals surface area contributed by atoms with Gasteiger partial charge in [-0.3, -0.25) is 0 Å². The first-order chi connectivity index (χ1) is 9.50. The molecule has 0 amide bonds. The van der Waals surface area contributed by atoms with Crippen molar-refractivity contribution in [2.45, 2.75) is 11.1 Å².